The van der Waals surface area contributed by atoms with Crippen LogP contribution in [-0.4, -0.2) is 40.9 Å². The predicted molar refractivity (Wildman–Crippen MR) is 112 cm³/mol. The number of fused-ring (bicyclic) bond motifs is 2. The molecule has 11 heteroatoms. The Bertz CT molecular complexity index is 1230. The molecule has 0 saturated carbocycles. The molecule has 1 saturated heterocycles. The molecule has 0 bridgehead atoms. The van der Waals surface area contributed by atoms with E-state index in [2.05, 4.69) is 15.4 Å². The van der Waals surface area contributed by atoms with Crippen LogP contribution in [0, 0.1) is 0 Å². The van der Waals surface area contributed by atoms with Crippen LogP contribution in [-0.2, 0) is 33.9 Å². The molecule has 3 aliphatic rings. The van der Waals surface area contributed by atoms with Gasteiger partial charge in [-0.25, -0.2) is 4.79 Å². The van der Waals surface area contributed by atoms with Crippen LogP contribution in [0.2, 0.25) is 0 Å². The van der Waals surface area contributed by atoms with Crippen LogP contribution >= 0.6 is 0 Å². The number of hydrogen-bond donors (Lipinski definition) is 2. The fourth-order valence-corrected chi connectivity index (χ4v) is 4.31. The molecule has 2 aromatic carbocycles. The molecule has 176 valence electrons. The summed E-state index contributed by atoms with van der Waals surface area (Å²) < 4.78 is 36.4. The van der Waals surface area contributed by atoms with Crippen molar-refractivity contribution in [3.05, 3.63) is 58.7 Å². The minimum absolute atomic E-state index is 0.0677. The molecular weight excluding hydrogens is 452 g/mol. The summed E-state index contributed by atoms with van der Waals surface area (Å²) in [6.45, 7) is 0.125. The maximum absolute atomic E-state index is 13.3. The molecule has 3 aliphatic heterocycles. The third-order valence-electron chi connectivity index (χ3n) is 5.92. The second kappa shape index (κ2) is 8.08. The Morgan fingerprint density at radius 1 is 1.18 bits per heavy atom. The zero-order valence-corrected chi connectivity index (χ0v) is 17.7. The van der Waals surface area contributed by atoms with Crippen LogP contribution in [0.15, 0.2) is 36.4 Å². The summed E-state index contributed by atoms with van der Waals surface area (Å²) in [5.74, 6) is -1.10. The summed E-state index contributed by atoms with van der Waals surface area (Å²) in [6, 6.07) is 8.52. The molecule has 2 N–H and O–H groups in total. The number of piperidine rings is 1. The van der Waals surface area contributed by atoms with E-state index < -0.39 is 30.6 Å². The summed E-state index contributed by atoms with van der Waals surface area (Å²) in [4.78, 5) is 50.0. The molecule has 34 heavy (non-hydrogen) atoms. The monoisotopic (exact) mass is 471 g/mol. The second-order valence-corrected chi connectivity index (χ2v) is 8.33. The van der Waals surface area contributed by atoms with Gasteiger partial charge in [0.2, 0.25) is 11.8 Å². The number of ether oxygens (including phenoxy) is 2. The lowest BCUT2D eigenvalue weighted by atomic mass is 10.0. The molecule has 1 atom stereocenters. The van der Waals surface area contributed by atoms with E-state index in [0.717, 1.165) is 5.56 Å². The molecule has 4 amide bonds. The highest BCUT2D eigenvalue weighted by Crippen LogP contribution is 2.38. The Morgan fingerprint density at radius 2 is 2.00 bits per heavy atom. The van der Waals surface area contributed by atoms with Crippen molar-refractivity contribution in [2.75, 3.05) is 5.32 Å². The summed E-state index contributed by atoms with van der Waals surface area (Å²) in [5, 5.41) is 4.74. The highest BCUT2D eigenvalue weighted by molar-refractivity contribution is 6.05. The summed E-state index contributed by atoms with van der Waals surface area (Å²) in [5.41, 5.74) is 2.27. The standard InChI is InChI=1S/C23H19F2N3O6/c24-23(25)9-14-8-15(3-5-18(14)34-23)26-22(32)33-11-12-1-2-13-10-28(21(31)16(13)7-12)17-4-6-19(29)27-20(17)30/h1-3,5,7-8,17H,4,6,9-11H2,(H,26,32)(H,27,29,30). The van der Waals surface area contributed by atoms with Gasteiger partial charge in [0.25, 0.3) is 5.91 Å². The summed E-state index contributed by atoms with van der Waals surface area (Å²) in [6.07, 6.45) is -4.19. The molecule has 1 unspecified atom stereocenters. The lowest BCUT2D eigenvalue weighted by Gasteiger charge is -2.29. The quantitative estimate of drug-likeness (QED) is 0.663. The van der Waals surface area contributed by atoms with Crippen LogP contribution in [0.5, 0.6) is 5.75 Å². The van der Waals surface area contributed by atoms with Crippen molar-refractivity contribution >= 4 is 29.5 Å². The number of carbonyl (C=O) groups excluding carboxylic acids is 4. The number of nitrogens with one attached hydrogen (secondary N) is 2. The number of carbonyl (C=O) groups is 4. The van der Waals surface area contributed by atoms with Gasteiger partial charge in [-0.15, -0.1) is 0 Å². The summed E-state index contributed by atoms with van der Waals surface area (Å²) >= 11 is 0. The highest BCUT2D eigenvalue weighted by Gasteiger charge is 2.40. The Labute approximate surface area is 192 Å². The molecule has 3 heterocycles. The molecular formula is C23H19F2N3O6. The van der Waals surface area contributed by atoms with Gasteiger partial charge in [0, 0.05) is 29.8 Å². The van der Waals surface area contributed by atoms with Crippen LogP contribution in [0.4, 0.5) is 19.3 Å². The van der Waals surface area contributed by atoms with Crippen molar-refractivity contribution < 1.29 is 37.4 Å². The number of anilines is 1. The molecule has 9 nitrogen and oxygen atoms in total. The van der Waals surface area contributed by atoms with Gasteiger partial charge >= 0.3 is 12.2 Å². The number of amides is 4. The van der Waals surface area contributed by atoms with Crippen LogP contribution < -0.4 is 15.4 Å². The van der Waals surface area contributed by atoms with Gasteiger partial charge in [0.05, 0.1) is 6.42 Å². The van der Waals surface area contributed by atoms with Crippen molar-refractivity contribution in [3.8, 4) is 5.75 Å². The van der Waals surface area contributed by atoms with Crippen LogP contribution in [0.1, 0.15) is 39.9 Å². The number of halogens is 2. The molecule has 2 aromatic rings. The molecule has 0 spiro atoms. The highest BCUT2D eigenvalue weighted by atomic mass is 19.3. The Morgan fingerprint density at radius 3 is 2.79 bits per heavy atom. The van der Waals surface area contributed by atoms with Crippen molar-refractivity contribution in [1.82, 2.24) is 10.2 Å². The second-order valence-electron chi connectivity index (χ2n) is 8.33. The van der Waals surface area contributed by atoms with Crippen LogP contribution in [0.25, 0.3) is 0 Å². The number of alkyl halides is 2. The Balaban J connectivity index is 1.19. The average molecular weight is 471 g/mol. The first-order valence-corrected chi connectivity index (χ1v) is 10.6. The SMILES string of the molecule is O=C1CCC(N2Cc3ccc(COC(=O)Nc4ccc5c(c4)CC(F)(F)O5)cc3C2=O)C(=O)N1. The van der Waals surface area contributed by atoms with Crippen molar-refractivity contribution in [1.29, 1.82) is 0 Å². The van der Waals surface area contributed by atoms with Crippen LogP contribution in [0.3, 0.4) is 0 Å². The van der Waals surface area contributed by atoms with E-state index in [1.807, 2.05) is 0 Å². The third kappa shape index (κ3) is 4.16. The molecule has 1 fully saturated rings. The zero-order chi connectivity index (χ0) is 24.0. The number of imide groups is 1. The number of hydrogen-bond acceptors (Lipinski definition) is 6. The largest absolute Gasteiger partial charge is 0.444 e. The Kier molecular flexibility index (Phi) is 5.18. The van der Waals surface area contributed by atoms with Gasteiger partial charge in [-0.05, 0) is 41.8 Å². The predicted octanol–water partition coefficient (Wildman–Crippen LogP) is 2.72. The molecule has 0 radical (unpaired) electrons. The van der Waals surface area contributed by atoms with Gasteiger partial charge in [-0.2, -0.15) is 8.78 Å². The number of rotatable bonds is 4. The van der Waals surface area contributed by atoms with Crippen molar-refractivity contribution in [3.63, 3.8) is 0 Å². The molecule has 5 rings (SSSR count). The van der Waals surface area contributed by atoms with Crippen molar-refractivity contribution in [2.45, 2.75) is 44.6 Å². The van der Waals surface area contributed by atoms with E-state index in [0.29, 0.717) is 11.1 Å². The minimum Gasteiger partial charge on any atom is -0.444 e. The fraction of sp³-hybridized carbons (Fsp3) is 0.304. The topological polar surface area (TPSA) is 114 Å². The zero-order valence-electron chi connectivity index (χ0n) is 17.7. The maximum Gasteiger partial charge on any atom is 0.411 e. The average Bonchev–Trinajstić information content (AvgIpc) is 3.26. The first-order valence-electron chi connectivity index (χ1n) is 10.6. The summed E-state index contributed by atoms with van der Waals surface area (Å²) in [7, 11) is 0. The van der Waals surface area contributed by atoms with Crippen molar-refractivity contribution in [2.24, 2.45) is 0 Å². The van der Waals surface area contributed by atoms with Gasteiger partial charge in [0.15, 0.2) is 0 Å². The smallest absolute Gasteiger partial charge is 0.411 e. The van der Waals surface area contributed by atoms with E-state index >= 15 is 0 Å². The number of nitrogens with zero attached hydrogens (tertiary/aromatic N) is 1. The Hall–Kier alpha value is -4.02. The normalized spacial score (nSPS) is 20.4. The maximum atomic E-state index is 13.3. The van der Waals surface area contributed by atoms with E-state index in [1.165, 1.54) is 23.1 Å². The minimum atomic E-state index is -3.26. The van der Waals surface area contributed by atoms with E-state index in [-0.39, 0.29) is 54.8 Å². The molecule has 0 aliphatic carbocycles. The van der Waals surface area contributed by atoms with Gasteiger partial charge < -0.3 is 14.4 Å². The van der Waals surface area contributed by atoms with Gasteiger partial charge in [0.1, 0.15) is 18.4 Å². The van der Waals surface area contributed by atoms with E-state index in [1.54, 1.807) is 18.2 Å². The first kappa shape index (κ1) is 21.8. The third-order valence-corrected chi connectivity index (χ3v) is 5.92. The van der Waals surface area contributed by atoms with E-state index in [9.17, 15) is 28.0 Å². The lowest BCUT2D eigenvalue weighted by molar-refractivity contribution is -0.159. The fourth-order valence-electron chi connectivity index (χ4n) is 4.31. The van der Waals surface area contributed by atoms with Gasteiger partial charge in [-0.3, -0.25) is 25.0 Å². The number of benzene rings is 2. The first-order chi connectivity index (χ1) is 16.2. The molecule has 0 aromatic heterocycles. The lowest BCUT2D eigenvalue weighted by Crippen LogP contribution is -2.52. The van der Waals surface area contributed by atoms with Gasteiger partial charge in [-0.1, -0.05) is 12.1 Å². The van der Waals surface area contributed by atoms with E-state index in [4.69, 9.17) is 4.74 Å².